The predicted octanol–water partition coefficient (Wildman–Crippen LogP) is 3.03. The first-order valence-corrected chi connectivity index (χ1v) is 4.47. The molecule has 2 heteroatoms. The molecule has 0 aromatic heterocycles. The van der Waals surface area contributed by atoms with Gasteiger partial charge in [0.05, 0.1) is 0 Å². The lowest BCUT2D eigenvalue weighted by molar-refractivity contribution is -0.117. The van der Waals surface area contributed by atoms with Gasteiger partial charge in [-0.05, 0) is 17.7 Å². The van der Waals surface area contributed by atoms with Crippen LogP contribution in [0.15, 0.2) is 36.9 Å². The van der Waals surface area contributed by atoms with E-state index in [1.807, 2.05) is 12.1 Å². The maximum atomic E-state index is 11.2. The molecule has 1 aromatic carbocycles. The molecule has 0 amide bonds. The van der Waals surface area contributed by atoms with Gasteiger partial charge in [0.15, 0.2) is 0 Å². The number of carbonyl (C=O) groups excluding carboxylic acids is 1. The molecule has 0 heterocycles. The largest absolute Gasteiger partial charge is 0.299 e. The average molecular weight is 195 g/mol. The minimum absolute atomic E-state index is 0.178. The lowest BCUT2D eigenvalue weighted by atomic mass is 10.1. The number of hydrogen-bond donors (Lipinski definition) is 0. The Morgan fingerprint density at radius 1 is 1.38 bits per heavy atom. The van der Waals surface area contributed by atoms with Crippen molar-refractivity contribution in [3.63, 3.8) is 0 Å². The van der Waals surface area contributed by atoms with Crippen LogP contribution in [0.3, 0.4) is 0 Å². The van der Waals surface area contributed by atoms with E-state index < -0.39 is 0 Å². The molecule has 0 spiro atoms. The molecule has 0 N–H and O–H groups in total. The van der Waals surface area contributed by atoms with Crippen molar-refractivity contribution in [2.75, 3.05) is 0 Å². The Bertz CT molecular complexity index is 300. The van der Waals surface area contributed by atoms with Crippen molar-refractivity contribution in [1.82, 2.24) is 0 Å². The van der Waals surface area contributed by atoms with E-state index in [2.05, 4.69) is 6.58 Å². The predicted molar refractivity (Wildman–Crippen MR) is 55.0 cm³/mol. The summed E-state index contributed by atoms with van der Waals surface area (Å²) in [6, 6.07) is 7.31. The number of rotatable bonds is 4. The van der Waals surface area contributed by atoms with Crippen LogP contribution in [-0.2, 0) is 11.2 Å². The van der Waals surface area contributed by atoms with Crippen LogP contribution in [-0.4, -0.2) is 5.78 Å². The van der Waals surface area contributed by atoms with E-state index in [0.717, 1.165) is 5.56 Å². The molecule has 0 saturated carbocycles. The van der Waals surface area contributed by atoms with Crippen LogP contribution in [0.2, 0.25) is 5.02 Å². The van der Waals surface area contributed by atoms with Gasteiger partial charge in [-0.2, -0.15) is 0 Å². The van der Waals surface area contributed by atoms with Gasteiger partial charge in [0.1, 0.15) is 5.78 Å². The third kappa shape index (κ3) is 3.43. The Kier molecular flexibility index (Phi) is 3.71. The Balaban J connectivity index is 2.59. The van der Waals surface area contributed by atoms with Crippen LogP contribution in [0.5, 0.6) is 0 Å². The van der Waals surface area contributed by atoms with Crippen molar-refractivity contribution in [2.45, 2.75) is 12.8 Å². The van der Waals surface area contributed by atoms with Crippen molar-refractivity contribution in [1.29, 1.82) is 0 Å². The van der Waals surface area contributed by atoms with Crippen LogP contribution in [0.1, 0.15) is 12.0 Å². The van der Waals surface area contributed by atoms with Gasteiger partial charge in [0, 0.05) is 17.9 Å². The summed E-state index contributed by atoms with van der Waals surface area (Å²) in [6.45, 7) is 3.51. The first-order chi connectivity index (χ1) is 6.22. The van der Waals surface area contributed by atoms with Crippen LogP contribution in [0.25, 0.3) is 0 Å². The standard InChI is InChI=1S/C11H11ClO/c1-2-3-11(13)8-9-4-6-10(12)7-5-9/h2,4-7H,1,3,8H2. The summed E-state index contributed by atoms with van der Waals surface area (Å²) in [6.07, 6.45) is 2.52. The fourth-order valence-corrected chi connectivity index (χ4v) is 1.19. The van der Waals surface area contributed by atoms with E-state index in [9.17, 15) is 4.79 Å². The van der Waals surface area contributed by atoms with Crippen LogP contribution in [0, 0.1) is 0 Å². The van der Waals surface area contributed by atoms with Gasteiger partial charge in [-0.25, -0.2) is 0 Å². The van der Waals surface area contributed by atoms with Crippen LogP contribution < -0.4 is 0 Å². The molecular formula is C11H11ClO. The average Bonchev–Trinajstić information content (AvgIpc) is 2.09. The number of ketones is 1. The molecule has 0 bridgehead atoms. The molecule has 0 aliphatic carbocycles. The Morgan fingerprint density at radius 3 is 2.54 bits per heavy atom. The highest BCUT2D eigenvalue weighted by Gasteiger charge is 2.00. The molecule has 0 saturated heterocycles. The SMILES string of the molecule is C=CCC(=O)Cc1ccc(Cl)cc1. The van der Waals surface area contributed by atoms with E-state index in [1.165, 1.54) is 0 Å². The number of Topliss-reactive ketones (excluding diaryl/α,β-unsaturated/α-hetero) is 1. The smallest absolute Gasteiger partial charge is 0.140 e. The van der Waals surface area contributed by atoms with Crippen molar-refractivity contribution in [3.8, 4) is 0 Å². The minimum atomic E-state index is 0.178. The zero-order valence-electron chi connectivity index (χ0n) is 7.29. The fraction of sp³-hybridized carbons (Fsp3) is 0.182. The van der Waals surface area contributed by atoms with Crippen LogP contribution in [0.4, 0.5) is 0 Å². The summed E-state index contributed by atoms with van der Waals surface area (Å²) in [5, 5.41) is 0.694. The molecule has 68 valence electrons. The summed E-state index contributed by atoms with van der Waals surface area (Å²) < 4.78 is 0. The van der Waals surface area contributed by atoms with E-state index in [-0.39, 0.29) is 5.78 Å². The second-order valence-corrected chi connectivity index (χ2v) is 3.27. The molecule has 1 nitrogen and oxygen atoms in total. The number of halogens is 1. The number of hydrogen-bond acceptors (Lipinski definition) is 1. The van der Waals surface area contributed by atoms with Crippen LogP contribution >= 0.6 is 11.6 Å². The van der Waals surface area contributed by atoms with Gasteiger partial charge in [0.25, 0.3) is 0 Å². The summed E-state index contributed by atoms with van der Waals surface area (Å²) >= 11 is 5.71. The van der Waals surface area contributed by atoms with Crippen molar-refractivity contribution >= 4 is 17.4 Å². The lowest BCUT2D eigenvalue weighted by Gasteiger charge is -1.98. The maximum Gasteiger partial charge on any atom is 0.140 e. The lowest BCUT2D eigenvalue weighted by Crippen LogP contribution is -2.00. The van der Waals surface area contributed by atoms with Crippen molar-refractivity contribution < 1.29 is 4.79 Å². The summed E-state index contributed by atoms with van der Waals surface area (Å²) in [5.41, 5.74) is 0.997. The van der Waals surface area contributed by atoms with E-state index in [0.29, 0.717) is 17.9 Å². The topological polar surface area (TPSA) is 17.1 Å². The summed E-state index contributed by atoms with van der Waals surface area (Å²) in [5.74, 6) is 0.178. The van der Waals surface area contributed by atoms with Gasteiger partial charge >= 0.3 is 0 Å². The highest BCUT2D eigenvalue weighted by molar-refractivity contribution is 6.30. The number of benzene rings is 1. The highest BCUT2D eigenvalue weighted by atomic mass is 35.5. The minimum Gasteiger partial charge on any atom is -0.299 e. The summed E-state index contributed by atoms with van der Waals surface area (Å²) in [4.78, 5) is 11.2. The first kappa shape index (κ1) is 10.0. The van der Waals surface area contributed by atoms with Crippen molar-refractivity contribution in [2.24, 2.45) is 0 Å². The van der Waals surface area contributed by atoms with Gasteiger partial charge in [-0.3, -0.25) is 4.79 Å². The highest BCUT2D eigenvalue weighted by Crippen LogP contribution is 2.10. The zero-order valence-corrected chi connectivity index (χ0v) is 8.05. The quantitative estimate of drug-likeness (QED) is 0.674. The van der Waals surface area contributed by atoms with E-state index in [1.54, 1.807) is 18.2 Å². The Morgan fingerprint density at radius 2 is 2.00 bits per heavy atom. The zero-order chi connectivity index (χ0) is 9.68. The van der Waals surface area contributed by atoms with Gasteiger partial charge in [-0.1, -0.05) is 29.8 Å². The second-order valence-electron chi connectivity index (χ2n) is 2.83. The molecule has 0 atom stereocenters. The van der Waals surface area contributed by atoms with E-state index in [4.69, 9.17) is 11.6 Å². The Hall–Kier alpha value is -1.08. The third-order valence-corrected chi connectivity index (χ3v) is 1.94. The molecule has 13 heavy (non-hydrogen) atoms. The molecule has 0 aliphatic heterocycles. The van der Waals surface area contributed by atoms with Gasteiger partial charge in [-0.15, -0.1) is 6.58 Å². The number of allylic oxidation sites excluding steroid dienone is 1. The molecule has 1 rings (SSSR count). The van der Waals surface area contributed by atoms with Crippen molar-refractivity contribution in [3.05, 3.63) is 47.5 Å². The third-order valence-electron chi connectivity index (χ3n) is 1.69. The molecular weight excluding hydrogens is 184 g/mol. The van der Waals surface area contributed by atoms with Gasteiger partial charge in [0.2, 0.25) is 0 Å². The molecule has 1 aromatic rings. The molecule has 0 fully saturated rings. The Labute approximate surface area is 83.0 Å². The second kappa shape index (κ2) is 4.83. The van der Waals surface area contributed by atoms with Gasteiger partial charge < -0.3 is 0 Å². The molecule has 0 radical (unpaired) electrons. The maximum absolute atomic E-state index is 11.2. The normalized spacial score (nSPS) is 9.62. The molecule has 0 unspecified atom stereocenters. The molecule has 0 aliphatic rings. The monoisotopic (exact) mass is 194 g/mol. The first-order valence-electron chi connectivity index (χ1n) is 4.09. The number of carbonyl (C=O) groups is 1. The fourth-order valence-electron chi connectivity index (χ4n) is 1.06. The van der Waals surface area contributed by atoms with E-state index >= 15 is 0 Å². The summed E-state index contributed by atoms with van der Waals surface area (Å²) in [7, 11) is 0.